The van der Waals surface area contributed by atoms with Gasteiger partial charge in [-0.25, -0.2) is 18.4 Å². The average molecular weight is 366 g/mol. The number of nitrogens with zero attached hydrogens (tertiary/aromatic N) is 2. The summed E-state index contributed by atoms with van der Waals surface area (Å²) in [5, 5.41) is 5.14. The average Bonchev–Trinajstić information content (AvgIpc) is 3.00. The van der Waals surface area contributed by atoms with Crippen molar-refractivity contribution in [3.63, 3.8) is 0 Å². The summed E-state index contributed by atoms with van der Waals surface area (Å²) in [6.07, 6.45) is 1.49. The smallest absolute Gasteiger partial charge is 0.178 e. The predicted octanol–water partition coefficient (Wildman–Crippen LogP) is 3.96. The van der Waals surface area contributed by atoms with Gasteiger partial charge in [0.2, 0.25) is 0 Å². The van der Waals surface area contributed by atoms with Gasteiger partial charge in [0.1, 0.15) is 17.8 Å². The van der Waals surface area contributed by atoms with E-state index in [1.807, 2.05) is 25.1 Å². The van der Waals surface area contributed by atoms with Gasteiger partial charge in [-0.2, -0.15) is 0 Å². The third-order valence-electron chi connectivity index (χ3n) is 4.38. The van der Waals surface area contributed by atoms with Gasteiger partial charge in [0.05, 0.1) is 16.0 Å². The Morgan fingerprint density at radius 2 is 1.96 bits per heavy atom. The van der Waals surface area contributed by atoms with E-state index < -0.39 is 9.84 Å². The zero-order valence-corrected chi connectivity index (χ0v) is 15.3. The van der Waals surface area contributed by atoms with Gasteiger partial charge in [0.15, 0.2) is 9.84 Å². The Hall–Kier alpha value is -2.93. The minimum absolute atomic E-state index is 0.0655. The molecule has 0 saturated heterocycles. The lowest BCUT2D eigenvalue weighted by atomic mass is 10.1. The maximum absolute atomic E-state index is 12.1. The molecule has 0 unspecified atom stereocenters. The number of rotatable bonds is 4. The number of nitrogens with one attached hydrogen (secondary N) is 2. The number of anilines is 2. The van der Waals surface area contributed by atoms with Crippen molar-refractivity contribution in [1.29, 1.82) is 0 Å². The van der Waals surface area contributed by atoms with Gasteiger partial charge in [-0.15, -0.1) is 0 Å². The van der Waals surface area contributed by atoms with Crippen molar-refractivity contribution in [2.75, 3.05) is 11.1 Å². The molecule has 4 rings (SSSR count). The quantitative estimate of drug-likeness (QED) is 0.571. The summed E-state index contributed by atoms with van der Waals surface area (Å²) in [5.41, 5.74) is 3.55. The number of benzene rings is 2. The lowest BCUT2D eigenvalue weighted by Crippen LogP contribution is -2.04. The summed E-state index contributed by atoms with van der Waals surface area (Å²) in [7, 11) is -3.26. The Kier molecular flexibility index (Phi) is 3.88. The Labute approximate surface area is 151 Å². The Balaban J connectivity index is 1.83. The van der Waals surface area contributed by atoms with Crippen LogP contribution in [0.15, 0.2) is 53.7 Å². The monoisotopic (exact) mass is 366 g/mol. The molecule has 0 amide bonds. The van der Waals surface area contributed by atoms with Crippen LogP contribution >= 0.6 is 0 Å². The summed E-state index contributed by atoms with van der Waals surface area (Å²) in [6.45, 7) is 3.67. The largest absolute Gasteiger partial charge is 0.340 e. The van der Waals surface area contributed by atoms with Crippen molar-refractivity contribution < 1.29 is 8.42 Å². The van der Waals surface area contributed by atoms with Crippen LogP contribution < -0.4 is 5.32 Å². The van der Waals surface area contributed by atoms with Gasteiger partial charge in [0, 0.05) is 16.6 Å². The zero-order chi connectivity index (χ0) is 18.3. The second-order valence-corrected chi connectivity index (χ2v) is 8.45. The highest BCUT2D eigenvalue weighted by Gasteiger charge is 2.14. The van der Waals surface area contributed by atoms with Crippen molar-refractivity contribution in [2.45, 2.75) is 18.7 Å². The highest BCUT2D eigenvalue weighted by atomic mass is 32.2. The summed E-state index contributed by atoms with van der Waals surface area (Å²) in [5.74, 6) is 0.701. The molecule has 0 aliphatic heterocycles. The molecule has 2 aromatic carbocycles. The molecule has 0 spiro atoms. The van der Waals surface area contributed by atoms with Crippen LogP contribution in [0.25, 0.3) is 21.9 Å². The van der Waals surface area contributed by atoms with Gasteiger partial charge < -0.3 is 10.3 Å². The molecule has 2 N–H and O–H groups in total. The van der Waals surface area contributed by atoms with Crippen LogP contribution in [0.4, 0.5) is 11.5 Å². The van der Waals surface area contributed by atoms with Gasteiger partial charge in [-0.1, -0.05) is 25.1 Å². The molecule has 132 valence electrons. The zero-order valence-electron chi connectivity index (χ0n) is 14.4. The molecule has 4 aromatic rings. The van der Waals surface area contributed by atoms with Gasteiger partial charge in [-0.05, 0) is 36.8 Å². The molecule has 7 heteroatoms. The Morgan fingerprint density at radius 3 is 2.77 bits per heavy atom. The summed E-state index contributed by atoms with van der Waals surface area (Å²) < 4.78 is 24.2. The predicted molar refractivity (Wildman–Crippen MR) is 104 cm³/mol. The van der Waals surface area contributed by atoms with E-state index in [9.17, 15) is 8.42 Å². The normalized spacial score (nSPS) is 11.9. The maximum Gasteiger partial charge on any atom is 0.178 e. The van der Waals surface area contributed by atoms with Crippen molar-refractivity contribution in [3.8, 4) is 0 Å². The Bertz CT molecular complexity index is 1230. The SMILES string of the molecule is CCS(=O)(=O)c1cccc(Nc2ncnc3[nH]c4cc(C)ccc4c23)c1. The third kappa shape index (κ3) is 2.80. The van der Waals surface area contributed by atoms with Crippen LogP contribution in [0, 0.1) is 6.92 Å². The van der Waals surface area contributed by atoms with Crippen LogP contribution in [0.5, 0.6) is 0 Å². The van der Waals surface area contributed by atoms with E-state index in [-0.39, 0.29) is 5.75 Å². The van der Waals surface area contributed by atoms with Crippen LogP contribution in [0.1, 0.15) is 12.5 Å². The van der Waals surface area contributed by atoms with Crippen LogP contribution in [-0.4, -0.2) is 29.1 Å². The molecule has 0 radical (unpaired) electrons. The fourth-order valence-corrected chi connectivity index (χ4v) is 3.93. The molecule has 0 aliphatic carbocycles. The van der Waals surface area contributed by atoms with Crippen LogP contribution in [0.3, 0.4) is 0 Å². The number of hydrogen-bond donors (Lipinski definition) is 2. The standard InChI is InChI=1S/C19H18N4O2S/c1-3-26(24,25)14-6-4-5-13(10-14)22-18-17-15-8-7-12(2)9-16(15)23-19(17)21-11-20-18/h4-11H,3H2,1-2H3,(H2,20,21,22,23). The first kappa shape index (κ1) is 16.5. The molecule has 0 atom stereocenters. The number of aromatic nitrogens is 3. The summed E-state index contributed by atoms with van der Waals surface area (Å²) >= 11 is 0. The fraction of sp³-hybridized carbons (Fsp3) is 0.158. The Morgan fingerprint density at radius 1 is 1.12 bits per heavy atom. The van der Waals surface area contributed by atoms with Crippen molar-refractivity contribution in [3.05, 3.63) is 54.4 Å². The molecule has 6 nitrogen and oxygen atoms in total. The highest BCUT2D eigenvalue weighted by Crippen LogP contribution is 2.31. The van der Waals surface area contributed by atoms with Gasteiger partial charge in [0.25, 0.3) is 0 Å². The molecule has 26 heavy (non-hydrogen) atoms. The minimum atomic E-state index is -3.26. The highest BCUT2D eigenvalue weighted by molar-refractivity contribution is 7.91. The van der Waals surface area contributed by atoms with Crippen molar-refractivity contribution >= 4 is 43.3 Å². The van der Waals surface area contributed by atoms with E-state index in [2.05, 4.69) is 26.3 Å². The maximum atomic E-state index is 12.1. The van der Waals surface area contributed by atoms with Crippen molar-refractivity contribution in [2.24, 2.45) is 0 Å². The number of sulfone groups is 1. The topological polar surface area (TPSA) is 87.7 Å². The number of H-pyrrole nitrogens is 1. The first-order valence-corrected chi connectivity index (χ1v) is 9.96. The number of hydrogen-bond acceptors (Lipinski definition) is 5. The molecule has 0 bridgehead atoms. The fourth-order valence-electron chi connectivity index (χ4n) is 3.01. The number of aromatic amines is 1. The first-order chi connectivity index (χ1) is 12.5. The van der Waals surface area contributed by atoms with Crippen LogP contribution in [-0.2, 0) is 9.84 Å². The first-order valence-electron chi connectivity index (χ1n) is 8.31. The van der Waals surface area contributed by atoms with E-state index in [0.717, 1.165) is 27.5 Å². The lowest BCUT2D eigenvalue weighted by Gasteiger charge is -2.09. The van der Waals surface area contributed by atoms with Crippen molar-refractivity contribution in [1.82, 2.24) is 15.0 Å². The lowest BCUT2D eigenvalue weighted by molar-refractivity contribution is 0.597. The summed E-state index contributed by atoms with van der Waals surface area (Å²) in [6, 6.07) is 12.9. The molecule has 0 fully saturated rings. The van der Waals surface area contributed by atoms with Gasteiger partial charge in [-0.3, -0.25) is 0 Å². The molecule has 2 aromatic heterocycles. The third-order valence-corrected chi connectivity index (χ3v) is 6.11. The molecular formula is C19H18N4O2S. The van der Waals surface area contributed by atoms with E-state index in [0.29, 0.717) is 16.4 Å². The van der Waals surface area contributed by atoms with E-state index in [1.165, 1.54) is 6.33 Å². The minimum Gasteiger partial charge on any atom is -0.340 e. The summed E-state index contributed by atoms with van der Waals surface area (Å²) in [4.78, 5) is 12.3. The van der Waals surface area contributed by atoms with E-state index in [4.69, 9.17) is 0 Å². The van der Waals surface area contributed by atoms with E-state index >= 15 is 0 Å². The molecular weight excluding hydrogens is 348 g/mol. The number of aryl methyl sites for hydroxylation is 1. The second-order valence-electron chi connectivity index (χ2n) is 6.18. The van der Waals surface area contributed by atoms with E-state index in [1.54, 1.807) is 25.1 Å². The second kappa shape index (κ2) is 6.10. The molecule has 0 aliphatic rings. The number of fused-ring (bicyclic) bond motifs is 3. The molecule has 2 heterocycles. The van der Waals surface area contributed by atoms with Crippen LogP contribution in [0.2, 0.25) is 0 Å². The van der Waals surface area contributed by atoms with Gasteiger partial charge >= 0.3 is 0 Å². The molecule has 0 saturated carbocycles.